The normalized spacial score (nSPS) is 15.4. The van der Waals surface area contributed by atoms with E-state index in [4.69, 9.17) is 0 Å². The molecule has 0 amide bonds. The monoisotopic (exact) mass is 294 g/mol. The van der Waals surface area contributed by atoms with Gasteiger partial charge in [-0.15, -0.1) is 0 Å². The second-order valence-electron chi connectivity index (χ2n) is 5.66. The average Bonchev–Trinajstić information content (AvgIpc) is 2.47. The van der Waals surface area contributed by atoms with Gasteiger partial charge in [-0.25, -0.2) is 4.89 Å². The van der Waals surface area contributed by atoms with Crippen molar-refractivity contribution >= 4 is 13.3 Å². The summed E-state index contributed by atoms with van der Waals surface area (Å²) in [5, 5.41) is 20.2. The Kier molecular flexibility index (Phi) is 7.16. The van der Waals surface area contributed by atoms with E-state index in [1.807, 2.05) is 30.4 Å². The van der Waals surface area contributed by atoms with Crippen molar-refractivity contribution in [2.45, 2.75) is 44.5 Å². The lowest BCUT2D eigenvalue weighted by molar-refractivity contribution is -0.268. The van der Waals surface area contributed by atoms with E-state index in [9.17, 15) is 10.4 Å². The fraction of sp³-hybridized carbons (Fsp3) is 0.500. The molecule has 4 heteroatoms. The van der Waals surface area contributed by atoms with Crippen molar-refractivity contribution in [3.8, 4) is 0 Å². The molecule has 0 fully saturated rings. The maximum Gasteiger partial charge on any atom is 0.114 e. The molecule has 1 aromatic rings. The molecule has 0 spiro atoms. The molecular weight excluding hydrogens is 268 g/mol. The Morgan fingerprint density at radius 3 is 2.40 bits per heavy atom. The highest BCUT2D eigenvalue weighted by Crippen LogP contribution is 2.28. The molecule has 0 radical (unpaired) electrons. The maximum absolute atomic E-state index is 9.79. The number of aliphatic hydroxyl groups excluding tert-OH is 1. The molecule has 0 aliphatic rings. The first-order valence-electron chi connectivity index (χ1n) is 7.21. The summed E-state index contributed by atoms with van der Waals surface area (Å²) in [7, 11) is -1.94. The van der Waals surface area contributed by atoms with E-state index in [0.717, 1.165) is 12.8 Å². The molecule has 1 rings (SSSR count). The fourth-order valence-corrected chi connectivity index (χ4v) is 5.39. The molecule has 0 aromatic heterocycles. The minimum atomic E-state index is -1.94. The quantitative estimate of drug-likeness (QED) is 0.335. The van der Waals surface area contributed by atoms with E-state index >= 15 is 0 Å². The summed E-state index contributed by atoms with van der Waals surface area (Å²) in [6, 6.07) is 10.2. The Labute approximate surface area is 122 Å². The second-order valence-corrected chi connectivity index (χ2v) is 10.4. The minimum absolute atomic E-state index is 0.00973. The summed E-state index contributed by atoms with van der Waals surface area (Å²) >= 11 is 0. The topological polar surface area (TPSA) is 49.7 Å². The summed E-state index contributed by atoms with van der Waals surface area (Å²) in [6.45, 7) is 6.51. The molecular formula is C16H26O3Si. The molecule has 1 aromatic carbocycles. The van der Waals surface area contributed by atoms with Gasteiger partial charge < -0.3 is 5.11 Å². The van der Waals surface area contributed by atoms with Crippen LogP contribution in [0.2, 0.25) is 18.6 Å². The third-order valence-electron chi connectivity index (χ3n) is 3.94. The number of hydrogen-bond donors (Lipinski definition) is 2. The van der Waals surface area contributed by atoms with Gasteiger partial charge in [0.2, 0.25) is 0 Å². The Bertz CT molecular complexity index is 403. The van der Waals surface area contributed by atoms with Crippen LogP contribution in [0.25, 0.3) is 0 Å². The van der Waals surface area contributed by atoms with Gasteiger partial charge in [0.05, 0.1) is 8.07 Å². The van der Waals surface area contributed by atoms with E-state index in [1.54, 1.807) is 0 Å². The highest BCUT2D eigenvalue weighted by Gasteiger charge is 2.38. The smallest absolute Gasteiger partial charge is 0.114 e. The molecule has 0 aliphatic carbocycles. The highest BCUT2D eigenvalue weighted by molar-refractivity contribution is 6.91. The predicted octanol–water partition coefficient (Wildman–Crippen LogP) is 3.18. The van der Waals surface area contributed by atoms with Crippen molar-refractivity contribution in [2.75, 3.05) is 6.61 Å². The minimum Gasteiger partial charge on any atom is -0.396 e. The molecule has 2 atom stereocenters. The van der Waals surface area contributed by atoms with Gasteiger partial charge >= 0.3 is 0 Å². The Morgan fingerprint density at radius 1 is 1.25 bits per heavy atom. The summed E-state index contributed by atoms with van der Waals surface area (Å²) in [5.41, 5.74) is -0.0805. The SMILES string of the molecule is CCC/C=C/C(OO)C(CO)[Si](C)(C)c1ccccc1. The summed E-state index contributed by atoms with van der Waals surface area (Å²) < 4.78 is 0. The molecule has 0 aliphatic heterocycles. The van der Waals surface area contributed by atoms with Gasteiger partial charge in [0.1, 0.15) is 6.10 Å². The Morgan fingerprint density at radius 2 is 1.90 bits per heavy atom. The van der Waals surface area contributed by atoms with Gasteiger partial charge in [-0.2, -0.15) is 0 Å². The average molecular weight is 294 g/mol. The van der Waals surface area contributed by atoms with E-state index in [-0.39, 0.29) is 12.1 Å². The first-order chi connectivity index (χ1) is 9.57. The zero-order valence-electron chi connectivity index (χ0n) is 12.6. The van der Waals surface area contributed by atoms with E-state index in [2.05, 4.69) is 37.0 Å². The van der Waals surface area contributed by atoms with Crippen LogP contribution in [0.3, 0.4) is 0 Å². The Hall–Kier alpha value is -0.943. The number of aliphatic hydroxyl groups is 1. The van der Waals surface area contributed by atoms with Gasteiger partial charge in [-0.1, -0.05) is 74.1 Å². The second kappa shape index (κ2) is 8.37. The number of hydrogen-bond acceptors (Lipinski definition) is 3. The molecule has 112 valence electrons. The van der Waals surface area contributed by atoms with Crippen LogP contribution in [-0.4, -0.2) is 31.1 Å². The lowest BCUT2D eigenvalue weighted by Gasteiger charge is -2.34. The van der Waals surface area contributed by atoms with Crippen molar-refractivity contribution in [3.63, 3.8) is 0 Å². The third-order valence-corrected chi connectivity index (χ3v) is 8.13. The zero-order chi connectivity index (χ0) is 15.0. The van der Waals surface area contributed by atoms with Crippen LogP contribution in [-0.2, 0) is 4.89 Å². The third kappa shape index (κ3) is 4.28. The van der Waals surface area contributed by atoms with Crippen LogP contribution in [0.1, 0.15) is 19.8 Å². The lowest BCUT2D eigenvalue weighted by atomic mass is 10.2. The molecule has 2 N–H and O–H groups in total. The molecule has 0 saturated carbocycles. The molecule has 20 heavy (non-hydrogen) atoms. The van der Waals surface area contributed by atoms with Crippen molar-refractivity contribution in [1.82, 2.24) is 0 Å². The van der Waals surface area contributed by atoms with Crippen LogP contribution in [0.5, 0.6) is 0 Å². The zero-order valence-corrected chi connectivity index (χ0v) is 13.6. The van der Waals surface area contributed by atoms with Crippen molar-refractivity contribution in [2.24, 2.45) is 0 Å². The van der Waals surface area contributed by atoms with Crippen molar-refractivity contribution in [3.05, 3.63) is 42.5 Å². The predicted molar refractivity (Wildman–Crippen MR) is 85.9 cm³/mol. The summed E-state index contributed by atoms with van der Waals surface area (Å²) in [6.07, 6.45) is 5.44. The summed E-state index contributed by atoms with van der Waals surface area (Å²) in [4.78, 5) is 4.65. The first kappa shape index (κ1) is 17.1. The van der Waals surface area contributed by atoms with Crippen LogP contribution in [0, 0.1) is 0 Å². The molecule has 0 heterocycles. The van der Waals surface area contributed by atoms with Gasteiger partial charge in [-0.05, 0) is 6.42 Å². The van der Waals surface area contributed by atoms with Crippen LogP contribution < -0.4 is 5.19 Å². The number of benzene rings is 1. The van der Waals surface area contributed by atoms with Crippen molar-refractivity contribution in [1.29, 1.82) is 0 Å². The number of allylic oxidation sites excluding steroid dienone is 1. The van der Waals surface area contributed by atoms with Crippen molar-refractivity contribution < 1.29 is 15.3 Å². The highest BCUT2D eigenvalue weighted by atomic mass is 28.3. The molecule has 0 saturated heterocycles. The van der Waals surface area contributed by atoms with E-state index in [0.29, 0.717) is 0 Å². The van der Waals surface area contributed by atoms with Crippen LogP contribution in [0.4, 0.5) is 0 Å². The number of rotatable bonds is 8. The molecule has 3 nitrogen and oxygen atoms in total. The van der Waals surface area contributed by atoms with Crippen LogP contribution in [0.15, 0.2) is 42.5 Å². The first-order valence-corrected chi connectivity index (χ1v) is 10.3. The maximum atomic E-state index is 9.79. The van der Waals surface area contributed by atoms with Crippen LogP contribution >= 0.6 is 0 Å². The van der Waals surface area contributed by atoms with Gasteiger partial charge in [0.25, 0.3) is 0 Å². The largest absolute Gasteiger partial charge is 0.396 e. The van der Waals surface area contributed by atoms with E-state index < -0.39 is 14.2 Å². The molecule has 0 bridgehead atoms. The summed E-state index contributed by atoms with van der Waals surface area (Å²) in [5.74, 6) is 0. The van der Waals surface area contributed by atoms with Gasteiger partial charge in [0, 0.05) is 12.1 Å². The van der Waals surface area contributed by atoms with Gasteiger partial charge in [-0.3, -0.25) is 5.26 Å². The Balaban J connectivity index is 2.97. The van der Waals surface area contributed by atoms with Gasteiger partial charge in [0.15, 0.2) is 0 Å². The fourth-order valence-electron chi connectivity index (χ4n) is 2.46. The standard InChI is InChI=1S/C16H26O3Si/c1-4-5-7-12-15(19-18)16(13-17)20(2,3)14-10-8-6-9-11-14/h6-12,15-18H,4-5,13H2,1-3H3/b12-7+. The van der Waals surface area contributed by atoms with E-state index in [1.165, 1.54) is 5.19 Å². The lowest BCUT2D eigenvalue weighted by Crippen LogP contribution is -2.51. The number of unbranched alkanes of at least 4 members (excludes halogenated alkanes) is 1. The molecule has 2 unspecified atom stereocenters.